The maximum Gasteiger partial charge on any atom is 0.311 e. The van der Waals surface area contributed by atoms with Crippen LogP contribution in [0.2, 0.25) is 0 Å². The van der Waals surface area contributed by atoms with Crippen molar-refractivity contribution in [1.82, 2.24) is 0 Å². The molecule has 3 rings (SSSR count). The molecule has 36 heavy (non-hydrogen) atoms. The first-order valence-electron chi connectivity index (χ1n) is 12.6. The molecule has 7 atom stereocenters. The van der Waals surface area contributed by atoms with E-state index < -0.39 is 64.4 Å². The summed E-state index contributed by atoms with van der Waals surface area (Å²) in [5.41, 5.74) is -2.57. The summed E-state index contributed by atoms with van der Waals surface area (Å²) in [5.74, 6) is -2.87. The molecular formula is C27H38O9. The fraction of sp³-hybridized carbons (Fsp3) is 0.741. The first-order valence-corrected chi connectivity index (χ1v) is 12.6. The number of rotatable bonds is 6. The molecule has 0 N–H and O–H groups in total. The lowest BCUT2D eigenvalue weighted by atomic mass is 9.48. The molecule has 0 unspecified atom stereocenters. The topological polar surface area (TPSA) is 122 Å². The van der Waals surface area contributed by atoms with Crippen molar-refractivity contribution in [2.75, 3.05) is 6.61 Å². The molecule has 3 aliphatic carbocycles. The van der Waals surface area contributed by atoms with Crippen LogP contribution in [0, 0.1) is 28.1 Å². The molecule has 0 heterocycles. The van der Waals surface area contributed by atoms with E-state index >= 15 is 0 Å². The van der Waals surface area contributed by atoms with Crippen LogP contribution in [0.1, 0.15) is 74.1 Å². The molecule has 0 spiro atoms. The van der Waals surface area contributed by atoms with Gasteiger partial charge in [-0.3, -0.25) is 24.0 Å². The van der Waals surface area contributed by atoms with Crippen molar-refractivity contribution in [3.63, 3.8) is 0 Å². The number of carbonyl (C=O) groups is 5. The van der Waals surface area contributed by atoms with Gasteiger partial charge in [-0.15, -0.1) is 0 Å². The van der Waals surface area contributed by atoms with Crippen molar-refractivity contribution in [2.45, 2.75) is 92.5 Å². The Morgan fingerprint density at radius 3 is 2.14 bits per heavy atom. The molecule has 9 nitrogen and oxygen atoms in total. The predicted octanol–water partition coefficient (Wildman–Crippen LogP) is 3.32. The van der Waals surface area contributed by atoms with Gasteiger partial charge in [-0.25, -0.2) is 0 Å². The van der Waals surface area contributed by atoms with Crippen molar-refractivity contribution in [3.05, 3.63) is 12.2 Å². The number of ketones is 1. The van der Waals surface area contributed by atoms with Crippen LogP contribution in [-0.4, -0.2) is 54.6 Å². The van der Waals surface area contributed by atoms with Gasteiger partial charge in [0.1, 0.15) is 24.9 Å². The summed E-state index contributed by atoms with van der Waals surface area (Å²) in [6, 6.07) is 0. The summed E-state index contributed by atoms with van der Waals surface area (Å²) < 4.78 is 23.3. The van der Waals surface area contributed by atoms with E-state index in [-0.39, 0.29) is 31.1 Å². The van der Waals surface area contributed by atoms with Crippen LogP contribution in [0.25, 0.3) is 0 Å². The van der Waals surface area contributed by atoms with Crippen LogP contribution < -0.4 is 0 Å². The number of hydrogen-bond donors (Lipinski definition) is 0. The van der Waals surface area contributed by atoms with E-state index in [0.717, 1.165) is 0 Å². The Hall–Kier alpha value is -2.71. The first-order chi connectivity index (χ1) is 16.7. The Bertz CT molecular complexity index is 961. The number of ether oxygens (including phenoxy) is 4. The van der Waals surface area contributed by atoms with Gasteiger partial charge in [-0.2, -0.15) is 0 Å². The molecule has 0 saturated heterocycles. The second-order valence-electron chi connectivity index (χ2n) is 11.5. The second kappa shape index (κ2) is 9.98. The normalized spacial score (nSPS) is 35.3. The van der Waals surface area contributed by atoms with Gasteiger partial charge in [-0.1, -0.05) is 13.0 Å². The highest BCUT2D eigenvalue weighted by Gasteiger charge is 2.71. The molecule has 0 aromatic carbocycles. The van der Waals surface area contributed by atoms with Gasteiger partial charge in [0.25, 0.3) is 0 Å². The summed E-state index contributed by atoms with van der Waals surface area (Å²) in [4.78, 5) is 62.2. The molecular weight excluding hydrogens is 468 g/mol. The molecule has 2 saturated carbocycles. The minimum Gasteiger partial charge on any atom is -0.465 e. The summed E-state index contributed by atoms with van der Waals surface area (Å²) in [6.45, 7) is 10.9. The van der Waals surface area contributed by atoms with Gasteiger partial charge in [0.2, 0.25) is 0 Å². The van der Waals surface area contributed by atoms with Crippen molar-refractivity contribution >= 4 is 29.7 Å². The van der Waals surface area contributed by atoms with Crippen molar-refractivity contribution < 1.29 is 42.9 Å². The molecule has 9 heteroatoms. The SMILES string of the molecule is CC[C@@]12CC(=O)C=C[C@@H]1[C@H]1[C@@H](OC(C)=O)C[C@H](OC(C)=O)[C@]1(COC(C)=O)[C@H](OC(=O)C(C)(C)C)C2. The van der Waals surface area contributed by atoms with Crippen molar-refractivity contribution in [2.24, 2.45) is 28.1 Å². The van der Waals surface area contributed by atoms with Crippen LogP contribution in [0.15, 0.2) is 12.2 Å². The minimum atomic E-state index is -1.17. The lowest BCUT2D eigenvalue weighted by molar-refractivity contribution is -0.221. The Balaban J connectivity index is 2.27. The predicted molar refractivity (Wildman–Crippen MR) is 127 cm³/mol. The molecule has 200 valence electrons. The number of hydrogen-bond acceptors (Lipinski definition) is 9. The zero-order valence-corrected chi connectivity index (χ0v) is 22.3. The van der Waals surface area contributed by atoms with Gasteiger partial charge in [0.15, 0.2) is 5.78 Å². The number of fused-ring (bicyclic) bond motifs is 3. The second-order valence-corrected chi connectivity index (χ2v) is 11.5. The summed E-state index contributed by atoms with van der Waals surface area (Å²) in [5, 5.41) is 0. The Labute approximate surface area is 212 Å². The first kappa shape index (κ1) is 27.9. The zero-order chi connectivity index (χ0) is 27.1. The van der Waals surface area contributed by atoms with Gasteiger partial charge in [0, 0.05) is 39.5 Å². The fourth-order valence-electron chi connectivity index (χ4n) is 6.50. The highest BCUT2D eigenvalue weighted by atomic mass is 16.6. The van der Waals surface area contributed by atoms with Gasteiger partial charge < -0.3 is 18.9 Å². The van der Waals surface area contributed by atoms with Gasteiger partial charge in [0.05, 0.1) is 10.8 Å². The lowest BCUT2D eigenvalue weighted by Crippen LogP contribution is -2.63. The van der Waals surface area contributed by atoms with Crippen LogP contribution >= 0.6 is 0 Å². The number of allylic oxidation sites excluding steroid dienone is 2. The fourth-order valence-corrected chi connectivity index (χ4v) is 6.50. The molecule has 0 radical (unpaired) electrons. The minimum absolute atomic E-state index is 0.0277. The Morgan fingerprint density at radius 2 is 1.61 bits per heavy atom. The molecule has 0 bridgehead atoms. The smallest absolute Gasteiger partial charge is 0.311 e. The van der Waals surface area contributed by atoms with Crippen molar-refractivity contribution in [3.8, 4) is 0 Å². The number of esters is 4. The van der Waals surface area contributed by atoms with Crippen LogP contribution in [0.5, 0.6) is 0 Å². The maximum atomic E-state index is 13.2. The van der Waals surface area contributed by atoms with E-state index in [1.165, 1.54) is 20.8 Å². The summed E-state index contributed by atoms with van der Waals surface area (Å²) in [6.07, 6.45) is 2.32. The molecule has 2 fully saturated rings. The Kier molecular flexibility index (Phi) is 7.72. The average molecular weight is 507 g/mol. The summed E-state index contributed by atoms with van der Waals surface area (Å²) >= 11 is 0. The lowest BCUT2D eigenvalue weighted by Gasteiger charge is -2.58. The van der Waals surface area contributed by atoms with E-state index in [9.17, 15) is 24.0 Å². The van der Waals surface area contributed by atoms with Crippen molar-refractivity contribution in [1.29, 1.82) is 0 Å². The highest BCUT2D eigenvalue weighted by Crippen LogP contribution is 2.65. The van der Waals surface area contributed by atoms with Crippen LogP contribution in [0.4, 0.5) is 0 Å². The van der Waals surface area contributed by atoms with Gasteiger partial charge in [-0.05, 0) is 51.0 Å². The van der Waals surface area contributed by atoms with E-state index in [0.29, 0.717) is 12.8 Å². The van der Waals surface area contributed by atoms with E-state index in [4.69, 9.17) is 18.9 Å². The Morgan fingerprint density at radius 1 is 0.972 bits per heavy atom. The average Bonchev–Trinajstić information content (AvgIpc) is 3.04. The monoisotopic (exact) mass is 506 g/mol. The largest absolute Gasteiger partial charge is 0.465 e. The van der Waals surface area contributed by atoms with E-state index in [2.05, 4.69) is 0 Å². The third kappa shape index (κ3) is 5.06. The molecule has 0 aromatic rings. The number of carbonyl (C=O) groups excluding carboxylic acids is 5. The zero-order valence-electron chi connectivity index (χ0n) is 22.3. The summed E-state index contributed by atoms with van der Waals surface area (Å²) in [7, 11) is 0. The van der Waals surface area contributed by atoms with E-state index in [1.807, 2.05) is 13.0 Å². The molecule has 0 aromatic heterocycles. The third-order valence-corrected chi connectivity index (χ3v) is 8.08. The molecule has 0 amide bonds. The highest BCUT2D eigenvalue weighted by molar-refractivity contribution is 5.91. The standard InChI is InChI=1S/C27H38O9/c1-8-26-12-18(31)9-10-19(26)23-20(34-16(3)29)11-21(35-17(4)30)27(23,14-33-15(2)28)22(13-26)36-24(32)25(5,6)7/h9-10,19-23H,8,11-14H2,1-7H3/t19-,20+,21+,22-,23+,26+,27-/m1/s1. The third-order valence-electron chi connectivity index (χ3n) is 8.08. The molecule has 0 aliphatic heterocycles. The molecule has 3 aliphatic rings. The van der Waals surface area contributed by atoms with E-state index in [1.54, 1.807) is 26.8 Å². The van der Waals surface area contributed by atoms with Crippen LogP contribution in [-0.2, 0) is 42.9 Å². The van der Waals surface area contributed by atoms with Crippen LogP contribution in [0.3, 0.4) is 0 Å². The quantitative estimate of drug-likeness (QED) is 0.394. The van der Waals surface area contributed by atoms with Gasteiger partial charge >= 0.3 is 23.9 Å². The maximum absolute atomic E-state index is 13.2.